The van der Waals surface area contributed by atoms with E-state index in [-0.39, 0.29) is 23.7 Å². The molecule has 2 amide bonds. The first kappa shape index (κ1) is 21.5. The van der Waals surface area contributed by atoms with Crippen molar-refractivity contribution >= 4 is 17.6 Å². The number of benzene rings is 1. The number of anilines is 1. The van der Waals surface area contributed by atoms with Gasteiger partial charge in [-0.05, 0) is 38.2 Å². The molecule has 1 aromatic heterocycles. The smallest absolute Gasteiger partial charge is 0.232 e. The number of aromatic nitrogens is 2. The lowest BCUT2D eigenvalue weighted by molar-refractivity contribution is -0.135. The van der Waals surface area contributed by atoms with E-state index in [4.69, 9.17) is 9.97 Å². The quantitative estimate of drug-likeness (QED) is 0.715. The van der Waals surface area contributed by atoms with Gasteiger partial charge in [0, 0.05) is 42.7 Å². The van der Waals surface area contributed by atoms with E-state index in [0.717, 1.165) is 55.1 Å². The number of hydrogen-bond donors (Lipinski definition) is 0. The Kier molecular flexibility index (Phi) is 6.35. The third-order valence-corrected chi connectivity index (χ3v) is 6.38. The van der Waals surface area contributed by atoms with Crippen molar-refractivity contribution in [3.05, 3.63) is 53.0 Å². The number of aryl methyl sites for hydroxylation is 2. The summed E-state index contributed by atoms with van der Waals surface area (Å²) in [4.78, 5) is 38.7. The van der Waals surface area contributed by atoms with Crippen LogP contribution in [0, 0.1) is 12.8 Å². The maximum absolute atomic E-state index is 12.7. The number of likely N-dealkylation sites (tertiary alicyclic amines) is 1. The molecule has 3 heterocycles. The Morgan fingerprint density at radius 1 is 1.19 bits per heavy atom. The molecule has 6 heteroatoms. The Morgan fingerprint density at radius 3 is 2.71 bits per heavy atom. The molecule has 164 valence electrons. The largest absolute Gasteiger partial charge is 0.342 e. The SMILES string of the molecule is Cc1nc([C@@H]2CCCN(C(=O)C(C)C)C2)nc2c1CC(=O)N2CCCc1ccccc1. The van der Waals surface area contributed by atoms with Crippen molar-refractivity contribution in [1.29, 1.82) is 0 Å². The van der Waals surface area contributed by atoms with Crippen molar-refractivity contribution < 1.29 is 9.59 Å². The first-order valence-corrected chi connectivity index (χ1v) is 11.4. The maximum atomic E-state index is 12.7. The maximum Gasteiger partial charge on any atom is 0.232 e. The molecule has 1 fully saturated rings. The number of piperidine rings is 1. The van der Waals surface area contributed by atoms with Crippen LogP contribution in [0.5, 0.6) is 0 Å². The van der Waals surface area contributed by atoms with Gasteiger partial charge in [0.1, 0.15) is 11.6 Å². The van der Waals surface area contributed by atoms with E-state index in [0.29, 0.717) is 19.5 Å². The highest BCUT2D eigenvalue weighted by Crippen LogP contribution is 2.33. The molecule has 4 rings (SSSR count). The van der Waals surface area contributed by atoms with Crippen molar-refractivity contribution in [2.24, 2.45) is 5.92 Å². The molecule has 0 aliphatic carbocycles. The molecule has 6 nitrogen and oxygen atoms in total. The number of rotatable bonds is 6. The average Bonchev–Trinajstić information content (AvgIpc) is 3.10. The van der Waals surface area contributed by atoms with E-state index in [1.807, 2.05) is 48.8 Å². The molecule has 1 atom stereocenters. The monoisotopic (exact) mass is 420 g/mol. The van der Waals surface area contributed by atoms with Gasteiger partial charge in [-0.2, -0.15) is 0 Å². The minimum absolute atomic E-state index is 0.000785. The molecular weight excluding hydrogens is 388 g/mol. The van der Waals surface area contributed by atoms with Crippen LogP contribution < -0.4 is 4.90 Å². The fraction of sp³-hybridized carbons (Fsp3) is 0.520. The Balaban J connectivity index is 1.50. The Labute approximate surface area is 184 Å². The predicted octanol–water partition coefficient (Wildman–Crippen LogP) is 3.67. The number of fused-ring (bicyclic) bond motifs is 1. The molecule has 0 radical (unpaired) electrons. The summed E-state index contributed by atoms with van der Waals surface area (Å²) in [6.45, 7) is 8.00. The van der Waals surface area contributed by atoms with Gasteiger partial charge in [-0.25, -0.2) is 9.97 Å². The predicted molar refractivity (Wildman–Crippen MR) is 121 cm³/mol. The van der Waals surface area contributed by atoms with Crippen LogP contribution in [0.25, 0.3) is 0 Å². The third-order valence-electron chi connectivity index (χ3n) is 6.38. The van der Waals surface area contributed by atoms with E-state index in [1.165, 1.54) is 5.56 Å². The third kappa shape index (κ3) is 4.63. The molecular formula is C25H32N4O2. The van der Waals surface area contributed by atoms with Gasteiger partial charge < -0.3 is 4.90 Å². The fourth-order valence-corrected chi connectivity index (χ4v) is 4.65. The fourth-order valence-electron chi connectivity index (χ4n) is 4.65. The zero-order valence-corrected chi connectivity index (χ0v) is 18.8. The van der Waals surface area contributed by atoms with Crippen molar-refractivity contribution in [2.45, 2.75) is 58.8 Å². The van der Waals surface area contributed by atoms with E-state index >= 15 is 0 Å². The van der Waals surface area contributed by atoms with Crippen LogP contribution in [0.15, 0.2) is 30.3 Å². The molecule has 0 unspecified atom stereocenters. The molecule has 0 N–H and O–H groups in total. The highest BCUT2D eigenvalue weighted by atomic mass is 16.2. The molecule has 31 heavy (non-hydrogen) atoms. The van der Waals surface area contributed by atoms with Crippen LogP contribution in [0.4, 0.5) is 5.82 Å². The van der Waals surface area contributed by atoms with Gasteiger partial charge in [-0.1, -0.05) is 44.2 Å². The summed E-state index contributed by atoms with van der Waals surface area (Å²) >= 11 is 0. The molecule has 0 saturated carbocycles. The normalized spacial score (nSPS) is 18.6. The molecule has 2 aliphatic rings. The second kappa shape index (κ2) is 9.16. The second-order valence-electron chi connectivity index (χ2n) is 9.06. The molecule has 0 bridgehead atoms. The number of carbonyl (C=O) groups excluding carboxylic acids is 2. The Morgan fingerprint density at radius 2 is 1.97 bits per heavy atom. The average molecular weight is 421 g/mol. The van der Waals surface area contributed by atoms with Crippen LogP contribution in [0.2, 0.25) is 0 Å². The number of nitrogens with zero attached hydrogens (tertiary/aromatic N) is 4. The lowest BCUT2D eigenvalue weighted by Gasteiger charge is -2.33. The van der Waals surface area contributed by atoms with Gasteiger partial charge in [0.25, 0.3) is 0 Å². The number of hydrogen-bond acceptors (Lipinski definition) is 4. The summed E-state index contributed by atoms with van der Waals surface area (Å²) in [5.41, 5.74) is 3.14. The first-order valence-electron chi connectivity index (χ1n) is 11.4. The zero-order chi connectivity index (χ0) is 22.0. The van der Waals surface area contributed by atoms with Gasteiger partial charge in [0.15, 0.2) is 0 Å². The second-order valence-corrected chi connectivity index (χ2v) is 9.06. The summed E-state index contributed by atoms with van der Waals surface area (Å²) in [5.74, 6) is 1.99. The summed E-state index contributed by atoms with van der Waals surface area (Å²) in [5, 5.41) is 0. The lowest BCUT2D eigenvalue weighted by atomic mass is 9.95. The van der Waals surface area contributed by atoms with E-state index < -0.39 is 0 Å². The van der Waals surface area contributed by atoms with Gasteiger partial charge >= 0.3 is 0 Å². The van der Waals surface area contributed by atoms with Crippen molar-refractivity contribution in [2.75, 3.05) is 24.5 Å². The topological polar surface area (TPSA) is 66.4 Å². The van der Waals surface area contributed by atoms with Crippen LogP contribution in [0.3, 0.4) is 0 Å². The van der Waals surface area contributed by atoms with Crippen LogP contribution in [-0.4, -0.2) is 46.3 Å². The van der Waals surface area contributed by atoms with Crippen molar-refractivity contribution in [3.8, 4) is 0 Å². The Hall–Kier alpha value is -2.76. The van der Waals surface area contributed by atoms with Crippen molar-refractivity contribution in [3.63, 3.8) is 0 Å². The summed E-state index contributed by atoms with van der Waals surface area (Å²) in [6, 6.07) is 10.4. The molecule has 2 aromatic rings. The highest BCUT2D eigenvalue weighted by Gasteiger charge is 2.33. The zero-order valence-electron chi connectivity index (χ0n) is 18.8. The minimum Gasteiger partial charge on any atom is -0.342 e. The number of amides is 2. The van der Waals surface area contributed by atoms with Gasteiger partial charge in [-0.3, -0.25) is 14.5 Å². The van der Waals surface area contributed by atoms with Gasteiger partial charge in [-0.15, -0.1) is 0 Å². The van der Waals surface area contributed by atoms with Crippen LogP contribution in [-0.2, 0) is 22.4 Å². The standard InChI is InChI=1S/C25H32N4O2/c1-17(2)25(31)28-13-8-12-20(16-28)23-26-18(3)21-15-22(30)29(24(21)27-23)14-7-11-19-9-5-4-6-10-19/h4-6,9-10,17,20H,7-8,11-16H2,1-3H3/t20-/m1/s1. The summed E-state index contributed by atoms with van der Waals surface area (Å²) in [6.07, 6.45) is 4.15. The lowest BCUT2D eigenvalue weighted by Crippen LogP contribution is -2.41. The van der Waals surface area contributed by atoms with E-state index in [1.54, 1.807) is 0 Å². The molecule has 1 saturated heterocycles. The molecule has 1 aromatic carbocycles. The molecule has 0 spiro atoms. The summed E-state index contributed by atoms with van der Waals surface area (Å²) in [7, 11) is 0. The van der Waals surface area contributed by atoms with Crippen molar-refractivity contribution in [1.82, 2.24) is 14.9 Å². The number of carbonyl (C=O) groups is 2. The first-order chi connectivity index (χ1) is 14.9. The highest BCUT2D eigenvalue weighted by molar-refractivity contribution is 6.00. The minimum atomic E-state index is -0.000785. The van der Waals surface area contributed by atoms with E-state index in [9.17, 15) is 9.59 Å². The Bertz CT molecular complexity index is 957. The molecule has 2 aliphatic heterocycles. The van der Waals surface area contributed by atoms with E-state index in [2.05, 4.69) is 12.1 Å². The van der Waals surface area contributed by atoms with Gasteiger partial charge in [0.2, 0.25) is 11.8 Å². The summed E-state index contributed by atoms with van der Waals surface area (Å²) < 4.78 is 0. The van der Waals surface area contributed by atoms with Crippen LogP contribution in [0.1, 0.15) is 61.7 Å². The van der Waals surface area contributed by atoms with Crippen LogP contribution >= 0.6 is 0 Å². The van der Waals surface area contributed by atoms with Gasteiger partial charge in [0.05, 0.1) is 6.42 Å².